The van der Waals surface area contributed by atoms with Crippen LogP contribution in [0.15, 0.2) is 65.6 Å². The minimum atomic E-state index is -3.51. The van der Waals surface area contributed by atoms with Crippen LogP contribution in [0, 0.1) is 0 Å². The number of hydrogen-bond acceptors (Lipinski definition) is 4. The first kappa shape index (κ1) is 21.2. The maximum atomic E-state index is 12.7. The first-order valence-corrected chi connectivity index (χ1v) is 11.0. The van der Waals surface area contributed by atoms with Crippen molar-refractivity contribution in [2.24, 2.45) is 0 Å². The number of hydrogen-bond donors (Lipinski definition) is 0. The van der Waals surface area contributed by atoms with Gasteiger partial charge in [-0.15, -0.1) is 0 Å². The SMILES string of the molecule is CC(c1ccccc1)N(C)C(=O)/C=C/c1ccc(S(=O)(=O)N2CCOCC2)cc1. The largest absolute Gasteiger partial charge is 0.379 e. The third kappa shape index (κ3) is 5.12. The molecule has 0 radical (unpaired) electrons. The van der Waals surface area contributed by atoms with E-state index in [0.29, 0.717) is 26.3 Å². The lowest BCUT2D eigenvalue weighted by Gasteiger charge is -2.26. The molecule has 0 N–H and O–H groups in total. The summed E-state index contributed by atoms with van der Waals surface area (Å²) in [6, 6.07) is 16.3. The molecule has 0 spiro atoms. The summed E-state index contributed by atoms with van der Waals surface area (Å²) in [5.41, 5.74) is 1.83. The van der Waals surface area contributed by atoms with E-state index in [1.807, 2.05) is 37.3 Å². The summed E-state index contributed by atoms with van der Waals surface area (Å²) in [6.45, 7) is 3.54. The summed E-state index contributed by atoms with van der Waals surface area (Å²) in [6.07, 6.45) is 3.20. The number of carbonyl (C=O) groups is 1. The summed E-state index contributed by atoms with van der Waals surface area (Å²) in [5.74, 6) is -0.119. The quantitative estimate of drug-likeness (QED) is 0.682. The zero-order chi connectivity index (χ0) is 20.9. The van der Waals surface area contributed by atoms with Crippen molar-refractivity contribution in [1.82, 2.24) is 9.21 Å². The molecule has 1 atom stereocenters. The molecule has 1 amide bonds. The van der Waals surface area contributed by atoms with Crippen LogP contribution in [0.5, 0.6) is 0 Å². The van der Waals surface area contributed by atoms with Crippen molar-refractivity contribution < 1.29 is 17.9 Å². The van der Waals surface area contributed by atoms with Crippen molar-refractivity contribution in [3.05, 3.63) is 71.8 Å². The van der Waals surface area contributed by atoms with Gasteiger partial charge in [0.1, 0.15) is 0 Å². The minimum absolute atomic E-state index is 0.0469. The average Bonchev–Trinajstić information content (AvgIpc) is 2.78. The first-order valence-electron chi connectivity index (χ1n) is 9.57. The highest BCUT2D eigenvalue weighted by Gasteiger charge is 2.26. The van der Waals surface area contributed by atoms with Gasteiger partial charge in [0.05, 0.1) is 24.2 Å². The van der Waals surface area contributed by atoms with E-state index in [1.54, 1.807) is 42.3 Å². The monoisotopic (exact) mass is 414 g/mol. The molecule has 2 aromatic carbocycles. The Bertz CT molecular complexity index is 950. The zero-order valence-electron chi connectivity index (χ0n) is 16.7. The summed E-state index contributed by atoms with van der Waals surface area (Å²) in [4.78, 5) is 14.4. The molecule has 1 saturated heterocycles. The number of rotatable bonds is 6. The molecule has 6 nitrogen and oxygen atoms in total. The number of sulfonamides is 1. The van der Waals surface area contributed by atoms with E-state index >= 15 is 0 Å². The molecule has 0 aliphatic carbocycles. The van der Waals surface area contributed by atoms with E-state index in [-0.39, 0.29) is 16.8 Å². The molecule has 3 rings (SSSR count). The number of morpholine rings is 1. The fourth-order valence-electron chi connectivity index (χ4n) is 3.12. The molecule has 154 valence electrons. The van der Waals surface area contributed by atoms with Crippen LogP contribution in [0.1, 0.15) is 24.1 Å². The van der Waals surface area contributed by atoms with Crippen molar-refractivity contribution in [3.63, 3.8) is 0 Å². The molecular formula is C22H26N2O4S. The van der Waals surface area contributed by atoms with Gasteiger partial charge in [-0.05, 0) is 36.3 Å². The Balaban J connectivity index is 1.65. The van der Waals surface area contributed by atoms with Crippen LogP contribution in [0.2, 0.25) is 0 Å². The van der Waals surface area contributed by atoms with Crippen LogP contribution in [-0.4, -0.2) is 56.9 Å². The van der Waals surface area contributed by atoms with Crippen LogP contribution in [0.3, 0.4) is 0 Å². The molecule has 7 heteroatoms. The molecule has 0 bridgehead atoms. The van der Waals surface area contributed by atoms with Gasteiger partial charge in [0.25, 0.3) is 0 Å². The lowest BCUT2D eigenvalue weighted by molar-refractivity contribution is -0.126. The average molecular weight is 415 g/mol. The second kappa shape index (κ2) is 9.35. The predicted octanol–water partition coefficient (Wildman–Crippen LogP) is 2.94. The third-order valence-corrected chi connectivity index (χ3v) is 7.03. The van der Waals surface area contributed by atoms with Crippen molar-refractivity contribution in [2.75, 3.05) is 33.4 Å². The number of benzene rings is 2. The van der Waals surface area contributed by atoms with E-state index < -0.39 is 10.0 Å². The van der Waals surface area contributed by atoms with Gasteiger partial charge in [0, 0.05) is 26.2 Å². The van der Waals surface area contributed by atoms with Gasteiger partial charge in [-0.1, -0.05) is 42.5 Å². The predicted molar refractivity (Wildman–Crippen MR) is 113 cm³/mol. The summed E-state index contributed by atoms with van der Waals surface area (Å²) >= 11 is 0. The second-order valence-electron chi connectivity index (χ2n) is 6.95. The summed E-state index contributed by atoms with van der Waals surface area (Å²) in [7, 11) is -1.75. The molecule has 2 aromatic rings. The van der Waals surface area contributed by atoms with Gasteiger partial charge >= 0.3 is 0 Å². The molecule has 1 fully saturated rings. The second-order valence-corrected chi connectivity index (χ2v) is 8.89. The molecule has 29 heavy (non-hydrogen) atoms. The topological polar surface area (TPSA) is 66.9 Å². The van der Waals surface area contributed by atoms with Gasteiger partial charge < -0.3 is 9.64 Å². The molecule has 1 heterocycles. The fraction of sp³-hybridized carbons (Fsp3) is 0.318. The highest BCUT2D eigenvalue weighted by atomic mass is 32.2. The van der Waals surface area contributed by atoms with Crippen LogP contribution >= 0.6 is 0 Å². The van der Waals surface area contributed by atoms with E-state index in [2.05, 4.69) is 0 Å². The van der Waals surface area contributed by atoms with E-state index in [9.17, 15) is 13.2 Å². The molecule has 1 aliphatic heterocycles. The molecule has 0 saturated carbocycles. The number of carbonyl (C=O) groups excluding carboxylic acids is 1. The van der Waals surface area contributed by atoms with Gasteiger partial charge in [-0.2, -0.15) is 4.31 Å². The van der Waals surface area contributed by atoms with E-state index in [4.69, 9.17) is 4.74 Å². The Morgan fingerprint density at radius 3 is 2.31 bits per heavy atom. The van der Waals surface area contributed by atoms with Crippen LogP contribution in [-0.2, 0) is 19.6 Å². The zero-order valence-corrected chi connectivity index (χ0v) is 17.5. The third-order valence-electron chi connectivity index (χ3n) is 5.12. The highest BCUT2D eigenvalue weighted by molar-refractivity contribution is 7.89. The number of ether oxygens (including phenoxy) is 1. The van der Waals surface area contributed by atoms with Gasteiger partial charge in [0.2, 0.25) is 15.9 Å². The fourth-order valence-corrected chi connectivity index (χ4v) is 4.53. The van der Waals surface area contributed by atoms with Crippen LogP contribution < -0.4 is 0 Å². The Kier molecular flexibility index (Phi) is 6.84. The van der Waals surface area contributed by atoms with E-state index in [0.717, 1.165) is 11.1 Å². The minimum Gasteiger partial charge on any atom is -0.379 e. The molecule has 0 aromatic heterocycles. The molecular weight excluding hydrogens is 388 g/mol. The highest BCUT2D eigenvalue weighted by Crippen LogP contribution is 2.20. The van der Waals surface area contributed by atoms with Crippen molar-refractivity contribution >= 4 is 22.0 Å². The summed E-state index contributed by atoms with van der Waals surface area (Å²) in [5, 5.41) is 0. The van der Waals surface area contributed by atoms with E-state index in [1.165, 1.54) is 10.4 Å². The van der Waals surface area contributed by atoms with Gasteiger partial charge in [-0.3, -0.25) is 4.79 Å². The smallest absolute Gasteiger partial charge is 0.246 e. The van der Waals surface area contributed by atoms with Crippen LogP contribution in [0.4, 0.5) is 0 Å². The maximum absolute atomic E-state index is 12.7. The Morgan fingerprint density at radius 2 is 1.69 bits per heavy atom. The summed E-state index contributed by atoms with van der Waals surface area (Å²) < 4.78 is 32.0. The number of likely N-dealkylation sites (N-methyl/N-ethyl adjacent to an activating group) is 1. The first-order chi connectivity index (χ1) is 13.9. The maximum Gasteiger partial charge on any atom is 0.246 e. The van der Waals surface area contributed by atoms with Crippen LogP contribution in [0.25, 0.3) is 6.08 Å². The Morgan fingerprint density at radius 1 is 1.07 bits per heavy atom. The van der Waals surface area contributed by atoms with Crippen molar-refractivity contribution in [2.45, 2.75) is 17.9 Å². The molecule has 1 aliphatic rings. The van der Waals surface area contributed by atoms with Gasteiger partial charge in [-0.25, -0.2) is 8.42 Å². The Hall–Kier alpha value is -2.48. The molecule has 1 unspecified atom stereocenters. The van der Waals surface area contributed by atoms with Crippen molar-refractivity contribution in [1.29, 1.82) is 0 Å². The number of amides is 1. The lowest BCUT2D eigenvalue weighted by Crippen LogP contribution is -2.40. The van der Waals surface area contributed by atoms with Crippen molar-refractivity contribution in [3.8, 4) is 0 Å². The normalized spacial score (nSPS) is 16.6. The number of nitrogens with zero attached hydrogens (tertiary/aromatic N) is 2. The lowest BCUT2D eigenvalue weighted by atomic mass is 10.1. The van der Waals surface area contributed by atoms with Gasteiger partial charge in [0.15, 0.2) is 0 Å². The Labute approximate surface area is 172 Å². The standard InChI is InChI=1S/C22H26N2O4S/c1-18(20-6-4-3-5-7-20)23(2)22(25)13-10-19-8-11-21(12-9-19)29(26,27)24-14-16-28-17-15-24/h3-13,18H,14-17H2,1-2H3/b13-10+.